The summed E-state index contributed by atoms with van der Waals surface area (Å²) >= 11 is 1.48. The SMILES string of the molecule is Cc1cccc(C)c1NC(=O)C(C)Sc1ccc(NC(=O)c2ccc3ccccc3c2)cc1. The fourth-order valence-corrected chi connectivity index (χ4v) is 4.51. The molecule has 0 heterocycles. The summed E-state index contributed by atoms with van der Waals surface area (Å²) in [4.78, 5) is 26.3. The molecule has 0 aliphatic heterocycles. The highest BCUT2D eigenvalue weighted by molar-refractivity contribution is 8.00. The first-order chi connectivity index (χ1) is 15.9. The molecule has 0 spiro atoms. The minimum Gasteiger partial charge on any atom is -0.325 e. The molecule has 4 aromatic carbocycles. The maximum Gasteiger partial charge on any atom is 0.255 e. The fraction of sp³-hybridized carbons (Fsp3) is 0.143. The van der Waals surface area contributed by atoms with Gasteiger partial charge in [0.2, 0.25) is 5.91 Å². The topological polar surface area (TPSA) is 58.2 Å². The van der Waals surface area contributed by atoms with Gasteiger partial charge in [-0.1, -0.05) is 48.5 Å². The first-order valence-corrected chi connectivity index (χ1v) is 11.7. The number of nitrogens with one attached hydrogen (secondary N) is 2. The summed E-state index contributed by atoms with van der Waals surface area (Å²) in [5.41, 5.74) is 4.30. The predicted octanol–water partition coefficient (Wildman–Crippen LogP) is 6.83. The first kappa shape index (κ1) is 22.6. The van der Waals surface area contributed by atoms with Gasteiger partial charge < -0.3 is 10.6 Å². The lowest BCUT2D eigenvalue weighted by Gasteiger charge is -2.15. The van der Waals surface area contributed by atoms with Crippen molar-refractivity contribution in [2.75, 3.05) is 10.6 Å². The van der Waals surface area contributed by atoms with Crippen LogP contribution in [0.5, 0.6) is 0 Å². The van der Waals surface area contributed by atoms with Crippen molar-refractivity contribution in [3.8, 4) is 0 Å². The van der Waals surface area contributed by atoms with Crippen LogP contribution in [0.15, 0.2) is 89.8 Å². The van der Waals surface area contributed by atoms with Crippen molar-refractivity contribution in [2.24, 2.45) is 0 Å². The number of rotatable bonds is 6. The van der Waals surface area contributed by atoms with E-state index >= 15 is 0 Å². The Kier molecular flexibility index (Phi) is 6.80. The lowest BCUT2D eigenvalue weighted by Crippen LogP contribution is -2.23. The van der Waals surface area contributed by atoms with E-state index in [-0.39, 0.29) is 17.1 Å². The third kappa shape index (κ3) is 5.44. The number of aryl methyl sites for hydroxylation is 2. The number of hydrogen-bond acceptors (Lipinski definition) is 3. The fourth-order valence-electron chi connectivity index (χ4n) is 3.64. The standard InChI is InChI=1S/C28H26N2O2S/c1-18-7-6-8-19(2)26(18)30-27(31)20(3)33-25-15-13-24(14-16-25)29-28(32)23-12-11-21-9-4-5-10-22(21)17-23/h4-17,20H,1-3H3,(H,29,32)(H,30,31). The maximum atomic E-state index is 12.7. The van der Waals surface area contributed by atoms with Crippen LogP contribution in [-0.2, 0) is 4.79 Å². The molecule has 4 rings (SSSR count). The van der Waals surface area contributed by atoms with E-state index in [1.165, 1.54) is 11.8 Å². The largest absolute Gasteiger partial charge is 0.325 e. The number of benzene rings is 4. The van der Waals surface area contributed by atoms with Crippen molar-refractivity contribution < 1.29 is 9.59 Å². The molecule has 2 N–H and O–H groups in total. The van der Waals surface area contributed by atoms with Gasteiger partial charge in [0.05, 0.1) is 5.25 Å². The normalized spacial score (nSPS) is 11.7. The Bertz CT molecular complexity index is 1300. The Hall–Kier alpha value is -3.57. The van der Waals surface area contributed by atoms with Gasteiger partial charge in [-0.2, -0.15) is 0 Å². The van der Waals surface area contributed by atoms with Crippen molar-refractivity contribution in [1.29, 1.82) is 0 Å². The third-order valence-corrected chi connectivity index (χ3v) is 6.65. The van der Waals surface area contributed by atoms with Crippen LogP contribution in [0.2, 0.25) is 0 Å². The molecule has 33 heavy (non-hydrogen) atoms. The molecule has 0 aliphatic rings. The number of anilines is 2. The van der Waals surface area contributed by atoms with E-state index in [4.69, 9.17) is 0 Å². The Balaban J connectivity index is 1.37. The highest BCUT2D eigenvalue weighted by Gasteiger charge is 2.16. The van der Waals surface area contributed by atoms with Crippen molar-refractivity contribution in [1.82, 2.24) is 0 Å². The van der Waals surface area contributed by atoms with Crippen LogP contribution in [0.3, 0.4) is 0 Å². The smallest absolute Gasteiger partial charge is 0.255 e. The number of carbonyl (C=O) groups is 2. The summed E-state index contributed by atoms with van der Waals surface area (Å²) in [6.07, 6.45) is 0. The van der Waals surface area contributed by atoms with Gasteiger partial charge in [-0.15, -0.1) is 11.8 Å². The average molecular weight is 455 g/mol. The number of fused-ring (bicyclic) bond motifs is 1. The number of amides is 2. The molecule has 0 aliphatic carbocycles. The van der Waals surface area contributed by atoms with E-state index < -0.39 is 0 Å². The Morgan fingerprint density at radius 2 is 1.42 bits per heavy atom. The molecule has 1 atom stereocenters. The van der Waals surface area contributed by atoms with Gasteiger partial charge >= 0.3 is 0 Å². The number of hydrogen-bond donors (Lipinski definition) is 2. The zero-order valence-electron chi connectivity index (χ0n) is 18.9. The molecule has 2 amide bonds. The van der Waals surface area contributed by atoms with Crippen molar-refractivity contribution in [3.63, 3.8) is 0 Å². The number of thioether (sulfide) groups is 1. The minimum atomic E-state index is -0.262. The molecule has 166 valence electrons. The summed E-state index contributed by atoms with van der Waals surface area (Å²) in [7, 11) is 0. The van der Waals surface area contributed by atoms with Crippen LogP contribution in [-0.4, -0.2) is 17.1 Å². The van der Waals surface area contributed by atoms with Crippen molar-refractivity contribution >= 4 is 45.7 Å². The van der Waals surface area contributed by atoms with E-state index in [0.717, 1.165) is 32.5 Å². The van der Waals surface area contributed by atoms with Crippen LogP contribution in [0.4, 0.5) is 11.4 Å². The van der Waals surface area contributed by atoms with E-state index in [1.807, 2.05) is 106 Å². The number of para-hydroxylation sites is 1. The van der Waals surface area contributed by atoms with Crippen LogP contribution in [0.25, 0.3) is 10.8 Å². The molecule has 5 heteroatoms. The highest BCUT2D eigenvalue weighted by Crippen LogP contribution is 2.27. The molecule has 1 unspecified atom stereocenters. The monoisotopic (exact) mass is 454 g/mol. The van der Waals surface area contributed by atoms with E-state index in [9.17, 15) is 9.59 Å². The van der Waals surface area contributed by atoms with Gasteiger partial charge in [-0.25, -0.2) is 0 Å². The number of carbonyl (C=O) groups excluding carboxylic acids is 2. The van der Waals surface area contributed by atoms with Gasteiger partial charge in [0.15, 0.2) is 0 Å². The average Bonchev–Trinajstić information content (AvgIpc) is 2.82. The van der Waals surface area contributed by atoms with Crippen LogP contribution < -0.4 is 10.6 Å². The Labute approximate surface area is 198 Å². The summed E-state index contributed by atoms with van der Waals surface area (Å²) in [5, 5.41) is 7.87. The van der Waals surface area contributed by atoms with Gasteiger partial charge in [-0.05, 0) is 79.1 Å². The molecule has 4 aromatic rings. The minimum absolute atomic E-state index is 0.0360. The predicted molar refractivity (Wildman–Crippen MR) is 138 cm³/mol. The molecule has 0 bridgehead atoms. The lowest BCUT2D eigenvalue weighted by atomic mass is 10.1. The van der Waals surface area contributed by atoms with Crippen molar-refractivity contribution in [3.05, 3.63) is 102 Å². The quantitative estimate of drug-likeness (QED) is 0.314. The van der Waals surface area contributed by atoms with Crippen LogP contribution in [0, 0.1) is 13.8 Å². The summed E-state index contributed by atoms with van der Waals surface area (Å²) in [5.74, 6) is -0.186. The van der Waals surface area contributed by atoms with Gasteiger partial charge in [0, 0.05) is 21.8 Å². The molecular weight excluding hydrogens is 428 g/mol. The van der Waals surface area contributed by atoms with Gasteiger partial charge in [0.1, 0.15) is 0 Å². The van der Waals surface area contributed by atoms with E-state index in [1.54, 1.807) is 0 Å². The van der Waals surface area contributed by atoms with E-state index in [0.29, 0.717) is 11.3 Å². The lowest BCUT2D eigenvalue weighted by molar-refractivity contribution is -0.115. The van der Waals surface area contributed by atoms with Crippen molar-refractivity contribution in [2.45, 2.75) is 30.9 Å². The second kappa shape index (κ2) is 9.92. The van der Waals surface area contributed by atoms with E-state index in [2.05, 4.69) is 10.6 Å². The molecule has 0 fully saturated rings. The molecule has 0 radical (unpaired) electrons. The van der Waals surface area contributed by atoms with Gasteiger partial charge in [0.25, 0.3) is 5.91 Å². The second-order valence-electron chi connectivity index (χ2n) is 8.06. The van der Waals surface area contributed by atoms with Crippen LogP contribution >= 0.6 is 11.8 Å². The first-order valence-electron chi connectivity index (χ1n) is 10.8. The maximum absolute atomic E-state index is 12.7. The summed E-state index contributed by atoms with van der Waals surface area (Å²) in [6, 6.07) is 27.2. The van der Waals surface area contributed by atoms with Gasteiger partial charge in [-0.3, -0.25) is 9.59 Å². The molecule has 0 saturated heterocycles. The second-order valence-corrected chi connectivity index (χ2v) is 9.47. The summed E-state index contributed by atoms with van der Waals surface area (Å²) in [6.45, 7) is 5.87. The van der Waals surface area contributed by atoms with Crippen LogP contribution in [0.1, 0.15) is 28.4 Å². The molecule has 4 nitrogen and oxygen atoms in total. The zero-order chi connectivity index (χ0) is 23.4. The highest BCUT2D eigenvalue weighted by atomic mass is 32.2. The molecule has 0 saturated carbocycles. The molecular formula is C28H26N2O2S. The Morgan fingerprint density at radius 3 is 2.12 bits per heavy atom. The molecule has 0 aromatic heterocycles. The summed E-state index contributed by atoms with van der Waals surface area (Å²) < 4.78 is 0. The Morgan fingerprint density at radius 1 is 0.758 bits per heavy atom. The zero-order valence-corrected chi connectivity index (χ0v) is 19.7. The third-order valence-electron chi connectivity index (χ3n) is 5.54.